The predicted octanol–water partition coefficient (Wildman–Crippen LogP) is 3.17. The lowest BCUT2D eigenvalue weighted by Gasteiger charge is -2.11. The first-order valence-corrected chi connectivity index (χ1v) is 6.79. The van der Waals surface area contributed by atoms with Crippen molar-refractivity contribution in [2.75, 3.05) is 12.4 Å². The van der Waals surface area contributed by atoms with E-state index in [1.54, 1.807) is 18.7 Å². The van der Waals surface area contributed by atoms with Crippen molar-refractivity contribution in [1.29, 1.82) is 0 Å². The van der Waals surface area contributed by atoms with Gasteiger partial charge in [0, 0.05) is 10.9 Å². The van der Waals surface area contributed by atoms with Crippen molar-refractivity contribution in [1.82, 2.24) is 0 Å². The van der Waals surface area contributed by atoms with Gasteiger partial charge in [0.15, 0.2) is 0 Å². The Morgan fingerprint density at radius 2 is 1.94 bits per heavy atom. The van der Waals surface area contributed by atoms with Crippen molar-refractivity contribution < 1.29 is 9.53 Å². The molecule has 0 unspecified atom stereocenters. The summed E-state index contributed by atoms with van der Waals surface area (Å²) < 4.78 is 4.87. The molecule has 0 aliphatic rings. The monoisotopic (exact) mass is 289 g/mol. The molecular weight excluding hydrogens is 270 g/mol. The predicted molar refractivity (Wildman–Crippen MR) is 78.3 cm³/mol. The average Bonchev–Trinajstić information content (AvgIpc) is 2.30. The molecule has 5 heteroatoms. The minimum absolute atomic E-state index is 0. The Labute approximate surface area is 119 Å². The van der Waals surface area contributed by atoms with Gasteiger partial charge in [-0.1, -0.05) is 19.1 Å². The van der Waals surface area contributed by atoms with Crippen LogP contribution in [-0.2, 0) is 9.53 Å². The Morgan fingerprint density at radius 1 is 1.33 bits per heavy atom. The van der Waals surface area contributed by atoms with Gasteiger partial charge in [-0.2, -0.15) is 0 Å². The van der Waals surface area contributed by atoms with Crippen molar-refractivity contribution >= 4 is 30.1 Å². The highest BCUT2D eigenvalue weighted by atomic mass is 35.5. The molecule has 0 spiro atoms. The van der Waals surface area contributed by atoms with Crippen LogP contribution >= 0.6 is 24.2 Å². The number of nitrogens with two attached hydrogens (primary N) is 1. The van der Waals surface area contributed by atoms with E-state index < -0.39 is 0 Å². The van der Waals surface area contributed by atoms with Crippen molar-refractivity contribution in [3.63, 3.8) is 0 Å². The topological polar surface area (TPSA) is 52.3 Å². The van der Waals surface area contributed by atoms with E-state index in [0.717, 1.165) is 11.3 Å². The molecule has 2 N–H and O–H groups in total. The summed E-state index contributed by atoms with van der Waals surface area (Å²) in [5, 5.41) is 0. The van der Waals surface area contributed by atoms with E-state index in [2.05, 4.69) is 6.92 Å². The Balaban J connectivity index is 0.00000289. The number of hydrogen-bond donors (Lipinski definition) is 1. The van der Waals surface area contributed by atoms with Gasteiger partial charge in [-0.3, -0.25) is 4.79 Å². The van der Waals surface area contributed by atoms with Crippen LogP contribution in [0.4, 0.5) is 0 Å². The Bertz CT molecular complexity index is 357. The highest BCUT2D eigenvalue weighted by molar-refractivity contribution is 7.99. The Morgan fingerprint density at radius 3 is 2.44 bits per heavy atom. The number of thioether (sulfide) groups is 1. The number of halogens is 1. The zero-order valence-electron chi connectivity index (χ0n) is 10.7. The van der Waals surface area contributed by atoms with E-state index in [9.17, 15) is 4.79 Å². The molecule has 102 valence electrons. The van der Waals surface area contributed by atoms with Crippen LogP contribution < -0.4 is 5.73 Å². The molecule has 0 bridgehead atoms. The van der Waals surface area contributed by atoms with Crippen molar-refractivity contribution in [3.8, 4) is 0 Å². The first kappa shape index (κ1) is 17.3. The van der Waals surface area contributed by atoms with Gasteiger partial charge in [-0.15, -0.1) is 24.2 Å². The molecule has 1 atom stereocenters. The second-order valence-electron chi connectivity index (χ2n) is 3.62. The maximum atomic E-state index is 11.3. The Kier molecular flexibility index (Phi) is 8.89. The van der Waals surface area contributed by atoms with Crippen molar-refractivity contribution in [2.45, 2.75) is 31.2 Å². The third-order valence-corrected chi connectivity index (χ3v) is 3.21. The van der Waals surface area contributed by atoms with Gasteiger partial charge in [0.05, 0.1) is 13.0 Å². The van der Waals surface area contributed by atoms with Gasteiger partial charge in [-0.25, -0.2) is 0 Å². The van der Waals surface area contributed by atoms with Crippen LogP contribution in [0.5, 0.6) is 0 Å². The summed E-state index contributed by atoms with van der Waals surface area (Å²) in [5.74, 6) is 0.806. The fourth-order valence-corrected chi connectivity index (χ4v) is 2.16. The lowest BCUT2D eigenvalue weighted by atomic mass is 10.1. The molecule has 1 rings (SSSR count). The van der Waals surface area contributed by atoms with Gasteiger partial charge >= 0.3 is 5.97 Å². The van der Waals surface area contributed by atoms with Crippen LogP contribution in [-0.4, -0.2) is 18.3 Å². The molecule has 0 amide bonds. The average molecular weight is 290 g/mol. The molecule has 0 aromatic heterocycles. The molecule has 0 heterocycles. The molecule has 0 aliphatic heterocycles. The quantitative estimate of drug-likeness (QED) is 0.645. The van der Waals surface area contributed by atoms with E-state index in [4.69, 9.17) is 10.5 Å². The minimum Gasteiger partial charge on any atom is -0.466 e. The van der Waals surface area contributed by atoms with E-state index >= 15 is 0 Å². The molecule has 0 aliphatic carbocycles. The van der Waals surface area contributed by atoms with Crippen molar-refractivity contribution in [2.24, 2.45) is 5.73 Å². The lowest BCUT2D eigenvalue weighted by Crippen LogP contribution is -2.17. The number of esters is 1. The maximum Gasteiger partial charge on any atom is 0.307 e. The van der Waals surface area contributed by atoms with Gasteiger partial charge in [0.2, 0.25) is 0 Å². The van der Waals surface area contributed by atoms with E-state index in [1.807, 2.05) is 24.3 Å². The van der Waals surface area contributed by atoms with Crippen LogP contribution in [0.25, 0.3) is 0 Å². The molecular formula is C13H20ClNO2S. The lowest BCUT2D eigenvalue weighted by molar-refractivity contribution is -0.143. The largest absolute Gasteiger partial charge is 0.466 e. The number of ether oxygens (including phenoxy) is 1. The van der Waals surface area contributed by atoms with Gasteiger partial charge in [-0.05, 0) is 30.4 Å². The number of hydrogen-bond acceptors (Lipinski definition) is 4. The van der Waals surface area contributed by atoms with Crippen LogP contribution in [0.3, 0.4) is 0 Å². The van der Waals surface area contributed by atoms with E-state index in [-0.39, 0.29) is 30.8 Å². The summed E-state index contributed by atoms with van der Waals surface area (Å²) >= 11 is 1.79. The number of benzene rings is 1. The summed E-state index contributed by atoms with van der Waals surface area (Å²) in [6, 6.07) is 7.74. The molecule has 1 aromatic carbocycles. The van der Waals surface area contributed by atoms with Crippen LogP contribution in [0.15, 0.2) is 29.2 Å². The zero-order chi connectivity index (χ0) is 12.7. The normalized spacial score (nSPS) is 11.5. The van der Waals surface area contributed by atoms with Gasteiger partial charge < -0.3 is 10.5 Å². The molecule has 0 saturated carbocycles. The van der Waals surface area contributed by atoms with Crippen LogP contribution in [0, 0.1) is 0 Å². The molecule has 0 radical (unpaired) electrons. The molecule has 0 fully saturated rings. The number of rotatable bonds is 6. The van der Waals surface area contributed by atoms with E-state index in [1.165, 1.54) is 4.90 Å². The first-order chi connectivity index (χ1) is 8.17. The van der Waals surface area contributed by atoms with Crippen LogP contribution in [0.2, 0.25) is 0 Å². The summed E-state index contributed by atoms with van der Waals surface area (Å²) in [6.07, 6.45) is 0.230. The number of carbonyl (C=O) groups is 1. The highest BCUT2D eigenvalue weighted by Crippen LogP contribution is 2.21. The molecule has 18 heavy (non-hydrogen) atoms. The Hall–Kier alpha value is -0.710. The molecule has 3 nitrogen and oxygen atoms in total. The number of carbonyl (C=O) groups excluding carboxylic acids is 1. The fourth-order valence-electron chi connectivity index (χ4n) is 1.50. The molecule has 0 saturated heterocycles. The molecule has 1 aromatic rings. The van der Waals surface area contributed by atoms with Crippen LogP contribution in [0.1, 0.15) is 31.9 Å². The first-order valence-electron chi connectivity index (χ1n) is 5.81. The fraction of sp³-hybridized carbons (Fsp3) is 0.462. The van der Waals surface area contributed by atoms with Gasteiger partial charge in [0.1, 0.15) is 0 Å². The third-order valence-electron chi connectivity index (χ3n) is 2.31. The zero-order valence-corrected chi connectivity index (χ0v) is 12.4. The third kappa shape index (κ3) is 5.76. The summed E-state index contributed by atoms with van der Waals surface area (Å²) in [6.45, 7) is 4.31. The summed E-state index contributed by atoms with van der Waals surface area (Å²) in [4.78, 5) is 12.5. The van der Waals surface area contributed by atoms with Crippen molar-refractivity contribution in [3.05, 3.63) is 29.8 Å². The van der Waals surface area contributed by atoms with Gasteiger partial charge in [0.25, 0.3) is 0 Å². The second-order valence-corrected chi connectivity index (χ2v) is 4.96. The summed E-state index contributed by atoms with van der Waals surface area (Å²) in [5.41, 5.74) is 6.91. The second kappa shape index (κ2) is 9.25. The maximum absolute atomic E-state index is 11.3. The highest BCUT2D eigenvalue weighted by Gasteiger charge is 2.12. The SMILES string of the molecule is CCOC(=O)C[C@@H](N)c1ccc(SCC)cc1.Cl. The van der Waals surface area contributed by atoms with E-state index in [0.29, 0.717) is 6.61 Å². The smallest absolute Gasteiger partial charge is 0.307 e. The summed E-state index contributed by atoms with van der Waals surface area (Å²) in [7, 11) is 0. The minimum atomic E-state index is -0.283. The standard InChI is InChI=1S/C13H19NO2S.ClH/c1-3-16-13(15)9-12(14)10-5-7-11(8-6-10)17-4-2;/h5-8,12H,3-4,9,14H2,1-2H3;1H/t12-;/m1./s1.